The molecule has 1 fully saturated rings. The quantitative estimate of drug-likeness (QED) is 0.735. The minimum Gasteiger partial charge on any atom is -0.384 e. The molecule has 1 heterocycles. The first kappa shape index (κ1) is 14.5. The molecule has 0 bridgehead atoms. The molecule has 0 aromatic rings. The number of hydrogen-bond donors (Lipinski definition) is 2. The average Bonchev–Trinajstić information content (AvgIpc) is 2.30. The summed E-state index contributed by atoms with van der Waals surface area (Å²) in [5.74, 6) is 1.07. The van der Waals surface area contributed by atoms with Gasteiger partial charge in [-0.3, -0.25) is 4.79 Å². The van der Waals surface area contributed by atoms with Gasteiger partial charge in [0.05, 0.1) is 0 Å². The molecule has 0 aliphatic carbocycles. The predicted molar refractivity (Wildman–Crippen MR) is 68.9 cm³/mol. The van der Waals surface area contributed by atoms with Gasteiger partial charge in [0.15, 0.2) is 0 Å². The van der Waals surface area contributed by atoms with Gasteiger partial charge >= 0.3 is 0 Å². The first-order valence-corrected chi connectivity index (χ1v) is 6.62. The minimum absolute atomic E-state index is 0.153. The topological polar surface area (TPSA) is 50.4 Å². The fraction of sp³-hybridized carbons (Fsp3) is 0.923. The second-order valence-electron chi connectivity index (χ2n) is 5.21. The fourth-order valence-corrected chi connectivity index (χ4v) is 2.43. The van der Waals surface area contributed by atoms with Gasteiger partial charge in [-0.25, -0.2) is 0 Å². The number of methoxy groups -OCH3 is 1. The summed E-state index contributed by atoms with van der Waals surface area (Å²) >= 11 is 0. The molecule has 2 N–H and O–H groups in total. The van der Waals surface area contributed by atoms with Gasteiger partial charge < -0.3 is 15.4 Å². The summed E-state index contributed by atoms with van der Waals surface area (Å²) in [5.41, 5.74) is 0. The van der Waals surface area contributed by atoms with Crippen molar-refractivity contribution in [2.45, 2.75) is 39.2 Å². The van der Waals surface area contributed by atoms with Crippen LogP contribution in [0, 0.1) is 11.8 Å². The van der Waals surface area contributed by atoms with E-state index in [1.54, 1.807) is 7.11 Å². The fourth-order valence-electron chi connectivity index (χ4n) is 2.43. The third-order valence-electron chi connectivity index (χ3n) is 3.46. The lowest BCUT2D eigenvalue weighted by atomic mass is 9.91. The molecular weight excluding hydrogens is 216 g/mol. The van der Waals surface area contributed by atoms with Gasteiger partial charge in [-0.15, -0.1) is 0 Å². The van der Waals surface area contributed by atoms with E-state index in [1.165, 1.54) is 0 Å². The molecule has 0 saturated carbocycles. The maximum Gasteiger partial charge on any atom is 0.220 e. The molecule has 100 valence electrons. The predicted octanol–water partition coefficient (Wildman–Crippen LogP) is 1.16. The molecule has 1 aliphatic rings. The second kappa shape index (κ2) is 7.67. The van der Waals surface area contributed by atoms with Crippen LogP contribution in [0.15, 0.2) is 0 Å². The van der Waals surface area contributed by atoms with Crippen molar-refractivity contribution in [3.8, 4) is 0 Å². The highest BCUT2D eigenvalue weighted by atomic mass is 16.5. The summed E-state index contributed by atoms with van der Waals surface area (Å²) in [7, 11) is 1.67. The monoisotopic (exact) mass is 242 g/mol. The van der Waals surface area contributed by atoms with E-state index in [0.29, 0.717) is 30.9 Å². The van der Waals surface area contributed by atoms with E-state index in [1.807, 2.05) is 6.92 Å². The molecule has 4 heteroatoms. The Kier molecular flexibility index (Phi) is 6.52. The van der Waals surface area contributed by atoms with E-state index in [2.05, 4.69) is 17.6 Å². The van der Waals surface area contributed by atoms with Gasteiger partial charge in [0.1, 0.15) is 0 Å². The van der Waals surface area contributed by atoms with E-state index >= 15 is 0 Å². The Morgan fingerprint density at radius 1 is 1.41 bits per heavy atom. The van der Waals surface area contributed by atoms with Crippen LogP contribution in [0.1, 0.15) is 33.1 Å². The number of ether oxygens (including phenoxy) is 1. The van der Waals surface area contributed by atoms with Crippen LogP contribution in [0.2, 0.25) is 0 Å². The SMILES string of the molecule is COCC(C)CC(=O)NC(C)C1CCNCC1. The molecule has 1 aliphatic heterocycles. The normalized spacial score (nSPS) is 20.9. The summed E-state index contributed by atoms with van der Waals surface area (Å²) in [6.07, 6.45) is 2.88. The van der Waals surface area contributed by atoms with Crippen LogP contribution < -0.4 is 10.6 Å². The highest BCUT2D eigenvalue weighted by molar-refractivity contribution is 5.76. The molecule has 0 radical (unpaired) electrons. The Hall–Kier alpha value is -0.610. The Bertz CT molecular complexity index is 227. The van der Waals surface area contributed by atoms with Crippen molar-refractivity contribution in [2.24, 2.45) is 11.8 Å². The third kappa shape index (κ3) is 5.50. The van der Waals surface area contributed by atoms with E-state index in [4.69, 9.17) is 4.74 Å². The molecule has 4 nitrogen and oxygen atoms in total. The van der Waals surface area contributed by atoms with Crippen molar-refractivity contribution in [3.05, 3.63) is 0 Å². The van der Waals surface area contributed by atoms with Crippen LogP contribution >= 0.6 is 0 Å². The molecule has 1 rings (SSSR count). The summed E-state index contributed by atoms with van der Waals surface area (Å²) in [4.78, 5) is 11.8. The lowest BCUT2D eigenvalue weighted by Gasteiger charge is -2.29. The number of amides is 1. The maximum absolute atomic E-state index is 11.8. The number of piperidine rings is 1. The summed E-state index contributed by atoms with van der Waals surface area (Å²) in [6, 6.07) is 0.291. The van der Waals surface area contributed by atoms with E-state index in [-0.39, 0.29) is 5.91 Å². The zero-order valence-corrected chi connectivity index (χ0v) is 11.3. The van der Waals surface area contributed by atoms with Gasteiger partial charge in [0, 0.05) is 26.2 Å². The highest BCUT2D eigenvalue weighted by Gasteiger charge is 2.21. The number of carbonyl (C=O) groups excluding carboxylic acids is 1. The van der Waals surface area contributed by atoms with Gasteiger partial charge in [0.2, 0.25) is 5.91 Å². The van der Waals surface area contributed by atoms with Crippen LogP contribution in [0.4, 0.5) is 0 Å². The van der Waals surface area contributed by atoms with E-state index < -0.39 is 0 Å². The van der Waals surface area contributed by atoms with Gasteiger partial charge in [0.25, 0.3) is 0 Å². The largest absolute Gasteiger partial charge is 0.384 e. The van der Waals surface area contributed by atoms with E-state index in [0.717, 1.165) is 25.9 Å². The molecule has 0 aromatic heterocycles. The Balaban J connectivity index is 2.24. The molecule has 17 heavy (non-hydrogen) atoms. The number of nitrogens with one attached hydrogen (secondary N) is 2. The maximum atomic E-state index is 11.8. The van der Waals surface area contributed by atoms with Crippen molar-refractivity contribution < 1.29 is 9.53 Å². The summed E-state index contributed by atoms with van der Waals surface area (Å²) < 4.78 is 5.04. The smallest absolute Gasteiger partial charge is 0.220 e. The number of carbonyl (C=O) groups is 1. The second-order valence-corrected chi connectivity index (χ2v) is 5.21. The van der Waals surface area contributed by atoms with Crippen LogP contribution in [0.3, 0.4) is 0 Å². The lowest BCUT2D eigenvalue weighted by Crippen LogP contribution is -2.43. The Labute approximate surface area is 104 Å². The van der Waals surface area contributed by atoms with Crippen molar-refractivity contribution in [1.82, 2.24) is 10.6 Å². The first-order valence-electron chi connectivity index (χ1n) is 6.62. The first-order chi connectivity index (χ1) is 8.13. The number of hydrogen-bond acceptors (Lipinski definition) is 3. The minimum atomic E-state index is 0.153. The molecular formula is C13H26N2O2. The Morgan fingerprint density at radius 3 is 2.65 bits per heavy atom. The van der Waals surface area contributed by atoms with Crippen molar-refractivity contribution in [2.75, 3.05) is 26.8 Å². The Morgan fingerprint density at radius 2 is 2.06 bits per heavy atom. The van der Waals surface area contributed by atoms with Gasteiger partial charge in [-0.05, 0) is 44.7 Å². The molecule has 1 saturated heterocycles. The van der Waals surface area contributed by atoms with Gasteiger partial charge in [-0.2, -0.15) is 0 Å². The molecule has 1 amide bonds. The lowest BCUT2D eigenvalue weighted by molar-refractivity contribution is -0.123. The molecule has 2 atom stereocenters. The summed E-state index contributed by atoms with van der Waals surface area (Å²) in [5, 5.41) is 6.46. The molecule has 0 spiro atoms. The van der Waals surface area contributed by atoms with Crippen molar-refractivity contribution in [3.63, 3.8) is 0 Å². The highest BCUT2D eigenvalue weighted by Crippen LogP contribution is 2.16. The summed E-state index contributed by atoms with van der Waals surface area (Å²) in [6.45, 7) is 6.96. The standard InChI is InChI=1S/C13H26N2O2/c1-10(9-17-3)8-13(16)15-11(2)12-4-6-14-7-5-12/h10-12,14H,4-9H2,1-3H3,(H,15,16). The van der Waals surface area contributed by atoms with Crippen LogP contribution in [-0.2, 0) is 9.53 Å². The molecule has 2 unspecified atom stereocenters. The number of rotatable bonds is 6. The third-order valence-corrected chi connectivity index (χ3v) is 3.46. The van der Waals surface area contributed by atoms with Crippen LogP contribution in [-0.4, -0.2) is 38.8 Å². The average molecular weight is 242 g/mol. The van der Waals surface area contributed by atoms with E-state index in [9.17, 15) is 4.79 Å². The van der Waals surface area contributed by atoms with Gasteiger partial charge in [-0.1, -0.05) is 6.92 Å². The zero-order chi connectivity index (χ0) is 12.7. The van der Waals surface area contributed by atoms with Crippen LogP contribution in [0.5, 0.6) is 0 Å². The van der Waals surface area contributed by atoms with Crippen molar-refractivity contribution >= 4 is 5.91 Å². The zero-order valence-electron chi connectivity index (χ0n) is 11.3. The molecule has 0 aromatic carbocycles. The van der Waals surface area contributed by atoms with Crippen LogP contribution in [0.25, 0.3) is 0 Å². The van der Waals surface area contributed by atoms with Crippen molar-refractivity contribution in [1.29, 1.82) is 0 Å².